The average molecular weight is 263 g/mol. The number of hydrogen-bond donors (Lipinski definition) is 1. The van der Waals surface area contributed by atoms with Crippen molar-refractivity contribution in [2.24, 2.45) is 0 Å². The summed E-state index contributed by atoms with van der Waals surface area (Å²) in [6, 6.07) is 5.30. The minimum atomic E-state index is -0.203. The minimum absolute atomic E-state index is 0.140. The van der Waals surface area contributed by atoms with Crippen LogP contribution in [0.15, 0.2) is 12.1 Å². The number of nitriles is 1. The van der Waals surface area contributed by atoms with Crippen molar-refractivity contribution in [1.29, 1.82) is 5.26 Å². The molecule has 1 heterocycles. The maximum absolute atomic E-state index is 11.9. The smallest absolute Gasteiger partial charge is 0.179 e. The Labute approximate surface area is 109 Å². The van der Waals surface area contributed by atoms with E-state index in [4.69, 9.17) is 21.6 Å². The van der Waals surface area contributed by atoms with E-state index in [0.717, 1.165) is 16.6 Å². The molecule has 18 heavy (non-hydrogen) atoms. The molecule has 1 aromatic heterocycles. The maximum Gasteiger partial charge on any atom is 0.179 e. The lowest BCUT2D eigenvalue weighted by Crippen LogP contribution is -1.98. The topological polar surface area (TPSA) is 65.9 Å². The van der Waals surface area contributed by atoms with Crippen LogP contribution in [0.2, 0.25) is 5.02 Å². The standard InChI is InChI=1S/C13H11ClN2O2/c1-7-13(11(17)3-4-15)8-5-12(18-2)9(14)6-10(8)16-7/h5-6,16H,3H2,1-2H3. The first-order chi connectivity index (χ1) is 8.58. The van der Waals surface area contributed by atoms with E-state index < -0.39 is 0 Å². The number of benzene rings is 1. The largest absolute Gasteiger partial charge is 0.495 e. The molecule has 0 amide bonds. The molecule has 0 bridgehead atoms. The Morgan fingerprint density at radius 2 is 2.28 bits per heavy atom. The number of rotatable bonds is 3. The molecule has 92 valence electrons. The number of H-pyrrole nitrogens is 1. The van der Waals surface area contributed by atoms with Crippen molar-refractivity contribution in [2.75, 3.05) is 7.11 Å². The summed E-state index contributed by atoms with van der Waals surface area (Å²) in [7, 11) is 1.52. The van der Waals surface area contributed by atoms with Crippen molar-refractivity contribution >= 4 is 28.3 Å². The zero-order chi connectivity index (χ0) is 13.3. The van der Waals surface area contributed by atoms with E-state index in [1.165, 1.54) is 7.11 Å². The third kappa shape index (κ3) is 1.93. The average Bonchev–Trinajstić information content (AvgIpc) is 2.63. The number of halogens is 1. The predicted octanol–water partition coefficient (Wildman–Crippen LogP) is 3.23. The number of hydrogen-bond acceptors (Lipinski definition) is 3. The van der Waals surface area contributed by atoms with Crippen LogP contribution in [-0.4, -0.2) is 17.9 Å². The van der Waals surface area contributed by atoms with Gasteiger partial charge in [0.2, 0.25) is 0 Å². The molecule has 0 fully saturated rings. The van der Waals surface area contributed by atoms with Gasteiger partial charge in [0, 0.05) is 22.2 Å². The molecule has 1 N–H and O–H groups in total. The lowest BCUT2D eigenvalue weighted by molar-refractivity contribution is 0.0999. The Hall–Kier alpha value is -1.99. The molecule has 4 nitrogen and oxygen atoms in total. The van der Waals surface area contributed by atoms with Gasteiger partial charge in [0.25, 0.3) is 0 Å². The maximum atomic E-state index is 11.9. The summed E-state index contributed by atoms with van der Waals surface area (Å²) in [5, 5.41) is 9.82. The molecule has 0 saturated heterocycles. The van der Waals surface area contributed by atoms with Crippen molar-refractivity contribution in [3.63, 3.8) is 0 Å². The molecule has 1 aromatic carbocycles. The Balaban J connectivity index is 2.70. The highest BCUT2D eigenvalue weighted by Gasteiger charge is 2.17. The summed E-state index contributed by atoms with van der Waals surface area (Å²) in [6.45, 7) is 1.80. The van der Waals surface area contributed by atoms with Crippen LogP contribution in [0.5, 0.6) is 5.75 Å². The first kappa shape index (κ1) is 12.5. The SMILES string of the molecule is COc1cc2c(C(=O)CC#N)c(C)[nH]c2cc1Cl. The lowest BCUT2D eigenvalue weighted by Gasteiger charge is -2.03. The fraction of sp³-hybridized carbons (Fsp3) is 0.231. The van der Waals surface area contributed by atoms with Crippen LogP contribution in [0, 0.1) is 18.3 Å². The molecular formula is C13H11ClN2O2. The number of fused-ring (bicyclic) bond motifs is 1. The Kier molecular flexibility index (Phi) is 3.26. The fourth-order valence-electron chi connectivity index (χ4n) is 2.01. The molecule has 0 aliphatic rings. The number of methoxy groups -OCH3 is 1. The second kappa shape index (κ2) is 4.71. The highest BCUT2D eigenvalue weighted by atomic mass is 35.5. The molecule has 0 atom stereocenters. The number of carbonyl (C=O) groups excluding carboxylic acids is 1. The summed E-state index contributed by atoms with van der Waals surface area (Å²) >= 11 is 6.02. The third-order valence-electron chi connectivity index (χ3n) is 2.78. The highest BCUT2D eigenvalue weighted by Crippen LogP contribution is 2.33. The van der Waals surface area contributed by atoms with Crippen molar-refractivity contribution in [3.8, 4) is 11.8 Å². The molecule has 5 heteroatoms. The number of Topliss-reactive ketones (excluding diaryl/α,β-unsaturated/α-hetero) is 1. The first-order valence-corrected chi connectivity index (χ1v) is 5.72. The molecular weight excluding hydrogens is 252 g/mol. The van der Waals surface area contributed by atoms with Crippen LogP contribution in [0.25, 0.3) is 10.9 Å². The fourth-order valence-corrected chi connectivity index (χ4v) is 2.25. The van der Waals surface area contributed by atoms with Crippen molar-refractivity contribution in [3.05, 3.63) is 28.4 Å². The van der Waals surface area contributed by atoms with Crippen molar-refractivity contribution < 1.29 is 9.53 Å². The number of nitrogens with one attached hydrogen (secondary N) is 1. The molecule has 0 aliphatic heterocycles. The van der Waals surface area contributed by atoms with E-state index >= 15 is 0 Å². The molecule has 2 aromatic rings. The van der Waals surface area contributed by atoms with E-state index in [1.54, 1.807) is 19.1 Å². The van der Waals surface area contributed by atoms with E-state index in [9.17, 15) is 4.79 Å². The van der Waals surface area contributed by atoms with Crippen LogP contribution >= 0.6 is 11.6 Å². The van der Waals surface area contributed by atoms with E-state index in [2.05, 4.69) is 4.98 Å². The normalized spacial score (nSPS) is 10.3. The lowest BCUT2D eigenvalue weighted by atomic mass is 10.0. The van der Waals surface area contributed by atoms with Gasteiger partial charge in [0.15, 0.2) is 5.78 Å². The summed E-state index contributed by atoms with van der Waals surface area (Å²) in [5.74, 6) is 0.305. The summed E-state index contributed by atoms with van der Waals surface area (Å²) < 4.78 is 5.13. The van der Waals surface area contributed by atoms with Gasteiger partial charge in [-0.1, -0.05) is 11.6 Å². The number of ether oxygens (including phenoxy) is 1. The van der Waals surface area contributed by atoms with Gasteiger partial charge in [-0.2, -0.15) is 5.26 Å². The Bertz CT molecular complexity index is 668. The van der Waals surface area contributed by atoms with E-state index in [-0.39, 0.29) is 12.2 Å². The second-order valence-electron chi connectivity index (χ2n) is 3.92. The molecule has 0 spiro atoms. The molecule has 2 rings (SSSR count). The van der Waals surface area contributed by atoms with Crippen LogP contribution in [0.3, 0.4) is 0 Å². The van der Waals surface area contributed by atoms with Gasteiger partial charge in [-0.15, -0.1) is 0 Å². The summed E-state index contributed by atoms with van der Waals surface area (Å²) in [6.07, 6.45) is -0.140. The minimum Gasteiger partial charge on any atom is -0.495 e. The van der Waals surface area contributed by atoms with Crippen LogP contribution in [-0.2, 0) is 0 Å². The second-order valence-corrected chi connectivity index (χ2v) is 4.32. The van der Waals surface area contributed by atoms with Gasteiger partial charge in [-0.25, -0.2) is 0 Å². The predicted molar refractivity (Wildman–Crippen MR) is 69.2 cm³/mol. The zero-order valence-electron chi connectivity index (χ0n) is 10.0. The molecule has 0 unspecified atom stereocenters. The van der Waals surface area contributed by atoms with Crippen LogP contribution < -0.4 is 4.74 Å². The van der Waals surface area contributed by atoms with Gasteiger partial charge >= 0.3 is 0 Å². The number of aryl methyl sites for hydroxylation is 1. The molecule has 0 aliphatic carbocycles. The number of aromatic nitrogens is 1. The quantitative estimate of drug-likeness (QED) is 0.864. The van der Waals surface area contributed by atoms with Crippen molar-refractivity contribution in [1.82, 2.24) is 4.98 Å². The highest BCUT2D eigenvalue weighted by molar-refractivity contribution is 6.33. The number of aromatic amines is 1. The zero-order valence-corrected chi connectivity index (χ0v) is 10.8. The number of ketones is 1. The Morgan fingerprint density at radius 3 is 2.89 bits per heavy atom. The van der Waals surface area contributed by atoms with Gasteiger partial charge in [-0.05, 0) is 19.1 Å². The Morgan fingerprint density at radius 1 is 1.56 bits per heavy atom. The summed E-state index contributed by atoms with van der Waals surface area (Å²) in [4.78, 5) is 15.0. The molecule has 0 radical (unpaired) electrons. The van der Waals surface area contributed by atoms with E-state index in [1.807, 2.05) is 6.07 Å². The monoisotopic (exact) mass is 262 g/mol. The van der Waals surface area contributed by atoms with E-state index in [0.29, 0.717) is 16.3 Å². The first-order valence-electron chi connectivity index (χ1n) is 5.34. The summed E-state index contributed by atoms with van der Waals surface area (Å²) in [5.41, 5.74) is 2.02. The van der Waals surface area contributed by atoms with Crippen LogP contribution in [0.1, 0.15) is 22.5 Å². The number of carbonyl (C=O) groups is 1. The molecule has 0 saturated carbocycles. The van der Waals surface area contributed by atoms with Gasteiger partial charge in [0.1, 0.15) is 5.75 Å². The van der Waals surface area contributed by atoms with Gasteiger partial charge in [0.05, 0.1) is 24.6 Å². The number of nitrogens with zero attached hydrogens (tertiary/aromatic N) is 1. The van der Waals surface area contributed by atoms with Crippen molar-refractivity contribution in [2.45, 2.75) is 13.3 Å². The van der Waals surface area contributed by atoms with Gasteiger partial charge in [-0.3, -0.25) is 4.79 Å². The van der Waals surface area contributed by atoms with Crippen LogP contribution in [0.4, 0.5) is 0 Å². The van der Waals surface area contributed by atoms with Gasteiger partial charge < -0.3 is 9.72 Å². The third-order valence-corrected chi connectivity index (χ3v) is 3.07.